The summed E-state index contributed by atoms with van der Waals surface area (Å²) >= 11 is 11.6. The van der Waals surface area contributed by atoms with Gasteiger partial charge in [0, 0.05) is 10.7 Å². The third-order valence-corrected chi connectivity index (χ3v) is 4.96. The molecule has 2 rings (SSSR count). The Hall–Kier alpha value is -1.30. The molecule has 0 fully saturated rings. The van der Waals surface area contributed by atoms with Crippen molar-refractivity contribution >= 4 is 38.7 Å². The van der Waals surface area contributed by atoms with Crippen LogP contribution in [0.5, 0.6) is 0 Å². The third-order valence-electron chi connectivity index (χ3n) is 2.56. The molecule has 20 heavy (non-hydrogen) atoms. The first-order valence-corrected chi connectivity index (χ1v) is 7.91. The summed E-state index contributed by atoms with van der Waals surface area (Å²) in [6.07, 6.45) is 0. The molecule has 0 unspecified atom stereocenters. The zero-order valence-corrected chi connectivity index (χ0v) is 12.4. The lowest BCUT2D eigenvalue weighted by Gasteiger charge is -2.08. The predicted molar refractivity (Wildman–Crippen MR) is 78.2 cm³/mol. The van der Waals surface area contributed by atoms with Crippen LogP contribution in [0.1, 0.15) is 5.56 Å². The Balaban J connectivity index is 2.43. The van der Waals surface area contributed by atoms with Crippen molar-refractivity contribution in [1.29, 1.82) is 0 Å². The summed E-state index contributed by atoms with van der Waals surface area (Å²) in [6.45, 7) is 0. The van der Waals surface area contributed by atoms with Gasteiger partial charge in [0.2, 0.25) is 0 Å². The SMILES string of the molecule is Nc1cc(F)cc(CS(=O)(=O)c2cc(Cl)ccc2Cl)c1. The maximum absolute atomic E-state index is 13.2. The number of halogens is 3. The van der Waals surface area contributed by atoms with Gasteiger partial charge >= 0.3 is 0 Å². The van der Waals surface area contributed by atoms with E-state index in [0.717, 1.165) is 12.1 Å². The summed E-state index contributed by atoms with van der Waals surface area (Å²) in [5.41, 5.74) is 5.90. The molecule has 0 atom stereocenters. The normalized spacial score (nSPS) is 11.6. The average molecular weight is 334 g/mol. The van der Waals surface area contributed by atoms with Gasteiger partial charge in [-0.2, -0.15) is 0 Å². The van der Waals surface area contributed by atoms with Crippen LogP contribution in [0.25, 0.3) is 0 Å². The van der Waals surface area contributed by atoms with Gasteiger partial charge in [-0.05, 0) is 42.0 Å². The first-order valence-electron chi connectivity index (χ1n) is 5.51. The van der Waals surface area contributed by atoms with Crippen LogP contribution < -0.4 is 5.73 Å². The largest absolute Gasteiger partial charge is 0.399 e. The van der Waals surface area contributed by atoms with E-state index in [-0.39, 0.29) is 26.2 Å². The summed E-state index contributed by atoms with van der Waals surface area (Å²) in [4.78, 5) is -0.0884. The van der Waals surface area contributed by atoms with E-state index in [4.69, 9.17) is 28.9 Å². The van der Waals surface area contributed by atoms with Crippen molar-refractivity contribution in [2.24, 2.45) is 0 Å². The summed E-state index contributed by atoms with van der Waals surface area (Å²) in [6, 6.07) is 7.79. The second-order valence-corrected chi connectivity index (χ2v) is 7.03. The summed E-state index contributed by atoms with van der Waals surface area (Å²) < 4.78 is 37.8. The fourth-order valence-corrected chi connectivity index (χ4v) is 3.91. The number of benzene rings is 2. The molecule has 106 valence electrons. The van der Waals surface area contributed by atoms with Crippen LogP contribution in [0.15, 0.2) is 41.3 Å². The molecule has 0 aliphatic rings. The molecule has 0 radical (unpaired) electrons. The first kappa shape index (κ1) is 15.1. The molecule has 2 aromatic rings. The van der Waals surface area contributed by atoms with Crippen molar-refractivity contribution in [2.45, 2.75) is 10.6 Å². The van der Waals surface area contributed by atoms with E-state index >= 15 is 0 Å². The Bertz CT molecular complexity index is 743. The fourth-order valence-electron chi connectivity index (χ4n) is 1.77. The second kappa shape index (κ2) is 5.60. The first-order chi connectivity index (χ1) is 9.28. The monoisotopic (exact) mass is 333 g/mol. The van der Waals surface area contributed by atoms with E-state index in [1.807, 2.05) is 0 Å². The van der Waals surface area contributed by atoms with Gasteiger partial charge in [0.25, 0.3) is 0 Å². The van der Waals surface area contributed by atoms with Crippen LogP contribution >= 0.6 is 23.2 Å². The fraction of sp³-hybridized carbons (Fsp3) is 0.0769. The molecule has 0 aliphatic heterocycles. The van der Waals surface area contributed by atoms with Crippen LogP contribution in [0.2, 0.25) is 10.0 Å². The van der Waals surface area contributed by atoms with Crippen molar-refractivity contribution < 1.29 is 12.8 Å². The molecule has 0 saturated carbocycles. The lowest BCUT2D eigenvalue weighted by atomic mass is 10.2. The van der Waals surface area contributed by atoms with Gasteiger partial charge in [-0.3, -0.25) is 0 Å². The van der Waals surface area contributed by atoms with E-state index in [9.17, 15) is 12.8 Å². The molecular weight excluding hydrogens is 324 g/mol. The molecule has 0 aliphatic carbocycles. The van der Waals surface area contributed by atoms with Gasteiger partial charge < -0.3 is 5.73 Å². The topological polar surface area (TPSA) is 60.2 Å². The lowest BCUT2D eigenvalue weighted by Crippen LogP contribution is -2.06. The highest BCUT2D eigenvalue weighted by Gasteiger charge is 2.20. The number of sulfone groups is 1. The number of nitrogen functional groups attached to an aromatic ring is 1. The number of hydrogen-bond acceptors (Lipinski definition) is 3. The summed E-state index contributed by atoms with van der Waals surface area (Å²) in [7, 11) is -3.74. The average Bonchev–Trinajstić information content (AvgIpc) is 2.30. The highest BCUT2D eigenvalue weighted by Crippen LogP contribution is 2.28. The molecule has 3 nitrogen and oxygen atoms in total. The van der Waals surface area contributed by atoms with E-state index < -0.39 is 21.4 Å². The molecule has 0 bridgehead atoms. The van der Waals surface area contributed by atoms with Crippen LogP contribution in [-0.4, -0.2) is 8.42 Å². The van der Waals surface area contributed by atoms with Crippen LogP contribution in [0.3, 0.4) is 0 Å². The highest BCUT2D eigenvalue weighted by atomic mass is 35.5. The van der Waals surface area contributed by atoms with Crippen LogP contribution in [-0.2, 0) is 15.6 Å². The minimum Gasteiger partial charge on any atom is -0.399 e. The van der Waals surface area contributed by atoms with Gasteiger partial charge in [-0.15, -0.1) is 0 Å². The Labute approximate surface area is 126 Å². The Morgan fingerprint density at radius 2 is 1.80 bits per heavy atom. The maximum atomic E-state index is 13.2. The van der Waals surface area contributed by atoms with E-state index in [1.165, 1.54) is 24.3 Å². The quantitative estimate of drug-likeness (QED) is 0.871. The summed E-state index contributed by atoms with van der Waals surface area (Å²) in [5.74, 6) is -0.998. The molecule has 0 spiro atoms. The number of nitrogens with two attached hydrogens (primary N) is 1. The number of anilines is 1. The van der Waals surface area contributed by atoms with Crippen molar-refractivity contribution in [3.05, 3.63) is 57.8 Å². The molecule has 7 heteroatoms. The lowest BCUT2D eigenvalue weighted by molar-refractivity contribution is 0.594. The van der Waals surface area contributed by atoms with Gasteiger partial charge in [0.15, 0.2) is 9.84 Å². The Kier molecular flexibility index (Phi) is 4.22. The van der Waals surface area contributed by atoms with Gasteiger partial charge in [-0.25, -0.2) is 12.8 Å². The Morgan fingerprint density at radius 3 is 2.45 bits per heavy atom. The van der Waals surface area contributed by atoms with Gasteiger partial charge in [0.05, 0.1) is 15.7 Å². The minimum atomic E-state index is -3.74. The van der Waals surface area contributed by atoms with E-state index in [0.29, 0.717) is 0 Å². The van der Waals surface area contributed by atoms with Gasteiger partial charge in [0.1, 0.15) is 5.82 Å². The molecule has 0 amide bonds. The molecule has 2 aromatic carbocycles. The predicted octanol–water partition coefficient (Wildman–Crippen LogP) is 3.69. The molecule has 0 saturated heterocycles. The molecular formula is C13H10Cl2FNO2S. The Morgan fingerprint density at radius 1 is 1.10 bits per heavy atom. The molecule has 2 N–H and O–H groups in total. The molecule has 0 aromatic heterocycles. The van der Waals surface area contributed by atoms with Crippen molar-refractivity contribution in [3.8, 4) is 0 Å². The molecule has 0 heterocycles. The third kappa shape index (κ3) is 3.42. The number of hydrogen-bond donors (Lipinski definition) is 1. The smallest absolute Gasteiger partial charge is 0.184 e. The van der Waals surface area contributed by atoms with Crippen molar-refractivity contribution in [1.82, 2.24) is 0 Å². The highest BCUT2D eigenvalue weighted by molar-refractivity contribution is 7.90. The summed E-state index contributed by atoms with van der Waals surface area (Å²) in [5, 5.41) is 0.325. The van der Waals surface area contributed by atoms with Gasteiger partial charge in [-0.1, -0.05) is 23.2 Å². The zero-order valence-electron chi connectivity index (χ0n) is 10.1. The standard InChI is InChI=1S/C13H10Cl2FNO2S/c14-9-1-2-12(15)13(5-9)20(18,19)7-8-3-10(16)6-11(17)4-8/h1-6H,7,17H2. The van der Waals surface area contributed by atoms with E-state index in [1.54, 1.807) is 0 Å². The van der Waals surface area contributed by atoms with Crippen molar-refractivity contribution in [2.75, 3.05) is 5.73 Å². The van der Waals surface area contributed by atoms with Crippen LogP contribution in [0, 0.1) is 5.82 Å². The van der Waals surface area contributed by atoms with E-state index in [2.05, 4.69) is 0 Å². The second-order valence-electron chi connectivity index (χ2n) is 4.23. The number of rotatable bonds is 3. The van der Waals surface area contributed by atoms with Crippen LogP contribution in [0.4, 0.5) is 10.1 Å². The maximum Gasteiger partial charge on any atom is 0.184 e. The minimum absolute atomic E-state index is 0.0683. The van der Waals surface area contributed by atoms with Crippen molar-refractivity contribution in [3.63, 3.8) is 0 Å². The zero-order chi connectivity index (χ0) is 14.9.